The summed E-state index contributed by atoms with van der Waals surface area (Å²) in [6.45, 7) is 3.32. The fourth-order valence-corrected chi connectivity index (χ4v) is 3.58. The number of carbonyl (C=O) groups is 1. The Morgan fingerprint density at radius 3 is 2.64 bits per heavy atom. The standard InChI is InChI=1S/C21H29N5O2/c1-28-19-7-12-23-21(24-19)26-14-9-18(10-15-26)20(27)25(16-11-22)13-8-17-5-3-2-4-6-17/h2-7,12,18H,8-11,13-16,22H2,1H3. The smallest absolute Gasteiger partial charge is 0.228 e. The molecule has 2 N–H and O–H groups in total. The molecular weight excluding hydrogens is 354 g/mol. The van der Waals surface area contributed by atoms with Crippen molar-refractivity contribution in [3.8, 4) is 5.88 Å². The highest BCUT2D eigenvalue weighted by Crippen LogP contribution is 2.23. The molecule has 1 aliphatic rings. The Balaban J connectivity index is 1.55. The Morgan fingerprint density at radius 1 is 1.21 bits per heavy atom. The van der Waals surface area contributed by atoms with E-state index in [1.54, 1.807) is 19.4 Å². The number of amides is 1. The SMILES string of the molecule is COc1ccnc(N2CCC(C(=O)N(CCN)CCc3ccccc3)CC2)n1. The van der Waals surface area contributed by atoms with Gasteiger partial charge in [0.15, 0.2) is 0 Å². The maximum Gasteiger partial charge on any atom is 0.228 e. The second-order valence-electron chi connectivity index (χ2n) is 7.01. The Kier molecular flexibility index (Phi) is 7.19. The van der Waals surface area contributed by atoms with Crippen molar-refractivity contribution in [2.45, 2.75) is 19.3 Å². The number of hydrogen-bond acceptors (Lipinski definition) is 6. The topological polar surface area (TPSA) is 84.6 Å². The van der Waals surface area contributed by atoms with Crippen molar-refractivity contribution in [2.75, 3.05) is 44.7 Å². The van der Waals surface area contributed by atoms with Gasteiger partial charge >= 0.3 is 0 Å². The third-order valence-electron chi connectivity index (χ3n) is 5.18. The number of benzene rings is 1. The molecule has 1 fully saturated rings. The number of piperidine rings is 1. The highest BCUT2D eigenvalue weighted by molar-refractivity contribution is 5.79. The van der Waals surface area contributed by atoms with E-state index >= 15 is 0 Å². The molecule has 0 unspecified atom stereocenters. The summed E-state index contributed by atoms with van der Waals surface area (Å²) in [5.74, 6) is 1.46. The van der Waals surface area contributed by atoms with Crippen LogP contribution in [-0.2, 0) is 11.2 Å². The second-order valence-corrected chi connectivity index (χ2v) is 7.01. The maximum absolute atomic E-state index is 13.1. The van der Waals surface area contributed by atoms with Gasteiger partial charge in [-0.15, -0.1) is 0 Å². The molecule has 1 aromatic carbocycles. The van der Waals surface area contributed by atoms with E-state index in [0.29, 0.717) is 31.5 Å². The van der Waals surface area contributed by atoms with Gasteiger partial charge in [-0.05, 0) is 24.8 Å². The van der Waals surface area contributed by atoms with Gasteiger partial charge in [-0.3, -0.25) is 4.79 Å². The van der Waals surface area contributed by atoms with Crippen LogP contribution < -0.4 is 15.4 Å². The van der Waals surface area contributed by atoms with E-state index in [1.807, 2.05) is 23.1 Å². The highest BCUT2D eigenvalue weighted by atomic mass is 16.5. The van der Waals surface area contributed by atoms with Crippen LogP contribution in [0.1, 0.15) is 18.4 Å². The van der Waals surface area contributed by atoms with Gasteiger partial charge in [0.05, 0.1) is 7.11 Å². The Hall–Kier alpha value is -2.67. The minimum atomic E-state index is 0.0316. The van der Waals surface area contributed by atoms with Crippen LogP contribution in [0.15, 0.2) is 42.6 Å². The number of hydrogen-bond donors (Lipinski definition) is 1. The lowest BCUT2D eigenvalue weighted by molar-refractivity contribution is -0.136. The van der Waals surface area contributed by atoms with E-state index in [9.17, 15) is 4.79 Å². The van der Waals surface area contributed by atoms with E-state index in [0.717, 1.165) is 32.4 Å². The van der Waals surface area contributed by atoms with Crippen LogP contribution in [0.5, 0.6) is 5.88 Å². The zero-order valence-electron chi connectivity index (χ0n) is 16.5. The number of methoxy groups -OCH3 is 1. The normalized spacial score (nSPS) is 14.7. The molecule has 2 heterocycles. The van der Waals surface area contributed by atoms with Crippen molar-refractivity contribution in [1.82, 2.24) is 14.9 Å². The van der Waals surface area contributed by atoms with Gasteiger partial charge in [-0.1, -0.05) is 30.3 Å². The number of aromatic nitrogens is 2. The first-order valence-electron chi connectivity index (χ1n) is 9.86. The molecule has 0 atom stereocenters. The average Bonchev–Trinajstić information content (AvgIpc) is 2.77. The van der Waals surface area contributed by atoms with Crippen molar-refractivity contribution in [2.24, 2.45) is 11.7 Å². The molecule has 1 amide bonds. The summed E-state index contributed by atoms with van der Waals surface area (Å²) in [5.41, 5.74) is 7.00. The van der Waals surface area contributed by atoms with Crippen LogP contribution >= 0.6 is 0 Å². The summed E-state index contributed by atoms with van der Waals surface area (Å²) in [6.07, 6.45) is 4.14. The number of ether oxygens (including phenoxy) is 1. The quantitative estimate of drug-likeness (QED) is 0.747. The Labute approximate surface area is 166 Å². The lowest BCUT2D eigenvalue weighted by Crippen LogP contribution is -2.45. The molecule has 7 nitrogen and oxygen atoms in total. The summed E-state index contributed by atoms with van der Waals surface area (Å²) < 4.78 is 5.18. The zero-order chi connectivity index (χ0) is 19.8. The summed E-state index contributed by atoms with van der Waals surface area (Å²) in [6, 6.07) is 12.0. The number of anilines is 1. The van der Waals surface area contributed by atoms with Gasteiger partial charge in [0.2, 0.25) is 17.7 Å². The van der Waals surface area contributed by atoms with Crippen LogP contribution in [0, 0.1) is 5.92 Å². The van der Waals surface area contributed by atoms with Crippen LogP contribution in [0.4, 0.5) is 5.95 Å². The predicted octanol–water partition coefficient (Wildman–Crippen LogP) is 1.73. The van der Waals surface area contributed by atoms with Gasteiger partial charge in [-0.25, -0.2) is 4.98 Å². The van der Waals surface area contributed by atoms with Crippen molar-refractivity contribution in [1.29, 1.82) is 0 Å². The van der Waals surface area contributed by atoms with Gasteiger partial charge in [-0.2, -0.15) is 4.98 Å². The van der Waals surface area contributed by atoms with Gasteiger partial charge < -0.3 is 20.3 Å². The second kappa shape index (κ2) is 10.0. The molecule has 3 rings (SSSR count). The van der Waals surface area contributed by atoms with E-state index < -0.39 is 0 Å². The summed E-state index contributed by atoms with van der Waals surface area (Å²) in [5, 5.41) is 0. The van der Waals surface area contributed by atoms with Gasteiger partial charge in [0.25, 0.3) is 0 Å². The molecule has 0 saturated carbocycles. The van der Waals surface area contributed by atoms with Crippen molar-refractivity contribution >= 4 is 11.9 Å². The molecule has 0 radical (unpaired) electrons. The minimum absolute atomic E-state index is 0.0316. The first-order valence-corrected chi connectivity index (χ1v) is 9.86. The molecule has 1 saturated heterocycles. The average molecular weight is 383 g/mol. The summed E-state index contributed by atoms with van der Waals surface area (Å²) in [7, 11) is 1.60. The van der Waals surface area contributed by atoms with Crippen LogP contribution in [0.2, 0.25) is 0 Å². The molecule has 7 heteroatoms. The van der Waals surface area contributed by atoms with E-state index in [-0.39, 0.29) is 11.8 Å². The predicted molar refractivity (Wildman–Crippen MR) is 109 cm³/mol. The maximum atomic E-state index is 13.1. The molecular formula is C21H29N5O2. The molecule has 0 spiro atoms. The number of carbonyl (C=O) groups excluding carboxylic acids is 1. The highest BCUT2D eigenvalue weighted by Gasteiger charge is 2.29. The molecule has 28 heavy (non-hydrogen) atoms. The summed E-state index contributed by atoms with van der Waals surface area (Å²) >= 11 is 0. The number of nitrogens with two attached hydrogens (primary N) is 1. The summed E-state index contributed by atoms with van der Waals surface area (Å²) in [4.78, 5) is 25.8. The molecule has 150 valence electrons. The van der Waals surface area contributed by atoms with E-state index in [2.05, 4.69) is 27.0 Å². The third kappa shape index (κ3) is 5.19. The zero-order valence-corrected chi connectivity index (χ0v) is 16.5. The lowest BCUT2D eigenvalue weighted by Gasteiger charge is -2.34. The van der Waals surface area contributed by atoms with Gasteiger partial charge in [0.1, 0.15) is 0 Å². The Morgan fingerprint density at radius 2 is 1.96 bits per heavy atom. The number of rotatable bonds is 8. The number of nitrogens with zero attached hydrogens (tertiary/aromatic N) is 4. The monoisotopic (exact) mass is 383 g/mol. The van der Waals surface area contributed by atoms with Crippen LogP contribution in [-0.4, -0.2) is 60.6 Å². The first kappa shape index (κ1) is 20.1. The van der Waals surface area contributed by atoms with Crippen molar-refractivity contribution in [3.63, 3.8) is 0 Å². The van der Waals surface area contributed by atoms with Crippen LogP contribution in [0.3, 0.4) is 0 Å². The molecule has 2 aromatic rings. The fraction of sp³-hybridized carbons (Fsp3) is 0.476. The fourth-order valence-electron chi connectivity index (χ4n) is 3.58. The van der Waals surface area contributed by atoms with Crippen molar-refractivity contribution < 1.29 is 9.53 Å². The van der Waals surface area contributed by atoms with E-state index in [4.69, 9.17) is 10.5 Å². The third-order valence-corrected chi connectivity index (χ3v) is 5.18. The molecule has 1 aliphatic heterocycles. The largest absolute Gasteiger partial charge is 0.481 e. The minimum Gasteiger partial charge on any atom is -0.481 e. The first-order chi connectivity index (χ1) is 13.7. The lowest BCUT2D eigenvalue weighted by atomic mass is 9.95. The van der Waals surface area contributed by atoms with Crippen molar-refractivity contribution in [3.05, 3.63) is 48.2 Å². The Bertz CT molecular complexity index is 747. The molecule has 0 bridgehead atoms. The van der Waals surface area contributed by atoms with Gasteiger partial charge in [0, 0.05) is 50.9 Å². The molecule has 0 aliphatic carbocycles. The van der Waals surface area contributed by atoms with E-state index in [1.165, 1.54) is 5.56 Å². The molecule has 1 aromatic heterocycles. The van der Waals surface area contributed by atoms with Crippen LogP contribution in [0.25, 0.3) is 0 Å².